The van der Waals surface area contributed by atoms with E-state index in [1.165, 1.54) is 4.90 Å². The molecule has 1 aliphatic carbocycles. The highest BCUT2D eigenvalue weighted by Crippen LogP contribution is 2.28. The quantitative estimate of drug-likeness (QED) is 0.451. The summed E-state index contributed by atoms with van der Waals surface area (Å²) in [5.41, 5.74) is 1.83. The first-order valence-electron chi connectivity index (χ1n) is 12.1. The van der Waals surface area contributed by atoms with Crippen molar-refractivity contribution < 1.29 is 18.0 Å². The third-order valence-corrected chi connectivity index (χ3v) is 8.33. The Balaban J connectivity index is 1.96. The van der Waals surface area contributed by atoms with Gasteiger partial charge in [-0.25, -0.2) is 8.42 Å². The lowest BCUT2D eigenvalue weighted by atomic mass is 10.1. The number of hydrogen-bond donors (Lipinski definition) is 1. The molecule has 0 saturated heterocycles. The first-order chi connectivity index (χ1) is 17.0. The van der Waals surface area contributed by atoms with Crippen LogP contribution in [-0.4, -0.2) is 50.0 Å². The Hall–Kier alpha value is -2.29. The summed E-state index contributed by atoms with van der Waals surface area (Å²) in [6.07, 6.45) is 5.32. The third kappa shape index (κ3) is 7.14. The highest BCUT2D eigenvalue weighted by Gasteiger charge is 2.33. The number of anilines is 1. The van der Waals surface area contributed by atoms with Crippen molar-refractivity contribution in [1.82, 2.24) is 10.2 Å². The van der Waals surface area contributed by atoms with E-state index < -0.39 is 28.5 Å². The zero-order chi connectivity index (χ0) is 26.5. The van der Waals surface area contributed by atoms with Gasteiger partial charge >= 0.3 is 0 Å². The number of nitrogens with zero attached hydrogens (tertiary/aromatic N) is 2. The standard InChI is InChI=1S/C26H33Cl2N3O4S/c1-4-24(26(33)29-19-8-5-6-9-19)30(16-21-22(27)10-7-11-23(21)28)25(32)17-31(36(3,34)35)20-14-12-18(2)13-15-20/h7,10-15,19,24H,4-6,8-9,16-17H2,1-3H3,(H,29,33)/t24-/m0/s1. The molecule has 1 saturated carbocycles. The molecule has 0 radical (unpaired) electrons. The lowest BCUT2D eigenvalue weighted by Gasteiger charge is -2.33. The van der Waals surface area contributed by atoms with Gasteiger partial charge in [0.25, 0.3) is 0 Å². The second kappa shape index (κ2) is 12.3. The van der Waals surface area contributed by atoms with Gasteiger partial charge in [-0.3, -0.25) is 13.9 Å². The van der Waals surface area contributed by atoms with Crippen molar-refractivity contribution in [2.75, 3.05) is 17.1 Å². The van der Waals surface area contributed by atoms with Crippen LogP contribution in [0.15, 0.2) is 42.5 Å². The van der Waals surface area contributed by atoms with E-state index >= 15 is 0 Å². The highest BCUT2D eigenvalue weighted by molar-refractivity contribution is 7.92. The lowest BCUT2D eigenvalue weighted by molar-refractivity contribution is -0.140. The number of aryl methyl sites for hydroxylation is 1. The molecular formula is C26H33Cl2N3O4S. The minimum Gasteiger partial charge on any atom is -0.352 e. The van der Waals surface area contributed by atoms with Gasteiger partial charge in [-0.1, -0.05) is 66.7 Å². The van der Waals surface area contributed by atoms with Gasteiger partial charge < -0.3 is 10.2 Å². The number of nitrogens with one attached hydrogen (secondary N) is 1. The predicted octanol–water partition coefficient (Wildman–Crippen LogP) is 4.93. The summed E-state index contributed by atoms with van der Waals surface area (Å²) < 4.78 is 26.4. The van der Waals surface area contributed by atoms with Crippen LogP contribution in [0.5, 0.6) is 0 Å². The fraction of sp³-hybridized carbons (Fsp3) is 0.462. The van der Waals surface area contributed by atoms with Crippen LogP contribution in [0.3, 0.4) is 0 Å². The number of carbonyl (C=O) groups is 2. The molecule has 1 N–H and O–H groups in total. The molecule has 0 heterocycles. The Bertz CT molecular complexity index is 1160. The topological polar surface area (TPSA) is 86.8 Å². The van der Waals surface area contributed by atoms with Crippen LogP contribution >= 0.6 is 23.2 Å². The van der Waals surface area contributed by atoms with Crippen LogP contribution in [0.25, 0.3) is 0 Å². The molecule has 0 bridgehead atoms. The Labute approximate surface area is 223 Å². The zero-order valence-electron chi connectivity index (χ0n) is 20.8. The van der Waals surface area contributed by atoms with Gasteiger partial charge in [0.1, 0.15) is 12.6 Å². The molecule has 0 spiro atoms. The molecule has 36 heavy (non-hydrogen) atoms. The zero-order valence-corrected chi connectivity index (χ0v) is 23.2. The van der Waals surface area contributed by atoms with Gasteiger partial charge in [-0.05, 0) is 50.5 Å². The van der Waals surface area contributed by atoms with Gasteiger partial charge in [-0.2, -0.15) is 0 Å². The summed E-state index contributed by atoms with van der Waals surface area (Å²) in [7, 11) is -3.79. The molecule has 3 rings (SSSR count). The van der Waals surface area contributed by atoms with Crippen LogP contribution in [0.4, 0.5) is 5.69 Å². The summed E-state index contributed by atoms with van der Waals surface area (Å²) in [6, 6.07) is 11.2. The van der Waals surface area contributed by atoms with Crippen molar-refractivity contribution in [1.29, 1.82) is 0 Å². The second-order valence-electron chi connectivity index (χ2n) is 9.24. The first-order valence-corrected chi connectivity index (χ1v) is 14.7. The minimum absolute atomic E-state index is 0.0283. The van der Waals surface area contributed by atoms with Crippen LogP contribution in [0.2, 0.25) is 10.0 Å². The monoisotopic (exact) mass is 553 g/mol. The number of sulfonamides is 1. The van der Waals surface area contributed by atoms with Crippen molar-refractivity contribution in [2.45, 2.75) is 64.6 Å². The van der Waals surface area contributed by atoms with Crippen LogP contribution in [0, 0.1) is 6.92 Å². The van der Waals surface area contributed by atoms with Gasteiger partial charge in [0.15, 0.2) is 0 Å². The van der Waals surface area contributed by atoms with Crippen molar-refractivity contribution in [3.63, 3.8) is 0 Å². The molecule has 1 atom stereocenters. The molecule has 196 valence electrons. The van der Waals surface area contributed by atoms with E-state index in [9.17, 15) is 18.0 Å². The molecule has 2 amide bonds. The summed E-state index contributed by atoms with van der Waals surface area (Å²) in [4.78, 5) is 28.5. The Morgan fingerprint density at radius 1 is 1.06 bits per heavy atom. The third-order valence-electron chi connectivity index (χ3n) is 6.48. The summed E-state index contributed by atoms with van der Waals surface area (Å²) in [5, 5.41) is 3.80. The largest absolute Gasteiger partial charge is 0.352 e. The molecule has 10 heteroatoms. The fourth-order valence-electron chi connectivity index (χ4n) is 4.47. The maximum Gasteiger partial charge on any atom is 0.244 e. The van der Waals surface area contributed by atoms with Crippen molar-refractivity contribution in [3.8, 4) is 0 Å². The minimum atomic E-state index is -3.79. The average molecular weight is 555 g/mol. The van der Waals surface area contributed by atoms with Crippen molar-refractivity contribution in [3.05, 3.63) is 63.6 Å². The number of amides is 2. The molecular weight excluding hydrogens is 521 g/mol. The second-order valence-corrected chi connectivity index (χ2v) is 12.0. The van der Waals surface area contributed by atoms with Gasteiger partial charge in [0, 0.05) is 28.2 Å². The van der Waals surface area contributed by atoms with Crippen LogP contribution in [0.1, 0.15) is 50.2 Å². The van der Waals surface area contributed by atoms with Gasteiger partial charge in [0.2, 0.25) is 21.8 Å². The van der Waals surface area contributed by atoms with E-state index in [0.717, 1.165) is 41.8 Å². The molecule has 2 aromatic rings. The molecule has 0 aromatic heterocycles. The molecule has 0 aliphatic heterocycles. The van der Waals surface area contributed by atoms with Gasteiger partial charge in [-0.15, -0.1) is 0 Å². The molecule has 1 aliphatic rings. The SMILES string of the molecule is CC[C@@H](C(=O)NC1CCCC1)N(Cc1c(Cl)cccc1Cl)C(=O)CN(c1ccc(C)cc1)S(C)(=O)=O. The van der Waals surface area contributed by atoms with Crippen molar-refractivity contribution >= 4 is 50.7 Å². The highest BCUT2D eigenvalue weighted by atomic mass is 35.5. The summed E-state index contributed by atoms with van der Waals surface area (Å²) >= 11 is 12.8. The predicted molar refractivity (Wildman–Crippen MR) is 145 cm³/mol. The first kappa shape index (κ1) is 28.3. The van der Waals surface area contributed by atoms with Crippen LogP contribution in [-0.2, 0) is 26.2 Å². The molecule has 7 nitrogen and oxygen atoms in total. The Morgan fingerprint density at radius 3 is 2.17 bits per heavy atom. The molecule has 0 unspecified atom stereocenters. The number of hydrogen-bond acceptors (Lipinski definition) is 4. The van der Waals surface area contributed by atoms with E-state index in [1.807, 2.05) is 13.8 Å². The molecule has 1 fully saturated rings. The molecule has 2 aromatic carbocycles. The van der Waals surface area contributed by atoms with E-state index in [-0.39, 0.29) is 18.5 Å². The maximum absolute atomic E-state index is 13.8. The van der Waals surface area contributed by atoms with E-state index in [0.29, 0.717) is 27.7 Å². The number of rotatable bonds is 10. The average Bonchev–Trinajstić information content (AvgIpc) is 3.32. The number of carbonyl (C=O) groups excluding carboxylic acids is 2. The van der Waals surface area contributed by atoms with E-state index in [4.69, 9.17) is 23.2 Å². The summed E-state index contributed by atoms with van der Waals surface area (Å²) in [6.45, 7) is 3.22. The number of halogens is 2. The fourth-order valence-corrected chi connectivity index (χ4v) is 5.83. The number of benzene rings is 2. The van der Waals surface area contributed by atoms with Crippen molar-refractivity contribution in [2.24, 2.45) is 0 Å². The van der Waals surface area contributed by atoms with E-state index in [1.54, 1.807) is 42.5 Å². The Morgan fingerprint density at radius 2 is 1.64 bits per heavy atom. The lowest BCUT2D eigenvalue weighted by Crippen LogP contribution is -2.53. The maximum atomic E-state index is 13.8. The smallest absolute Gasteiger partial charge is 0.244 e. The van der Waals surface area contributed by atoms with Crippen LogP contribution < -0.4 is 9.62 Å². The van der Waals surface area contributed by atoms with Gasteiger partial charge in [0.05, 0.1) is 11.9 Å². The Kier molecular flexibility index (Phi) is 9.66. The summed E-state index contributed by atoms with van der Waals surface area (Å²) in [5.74, 6) is -0.785. The normalized spacial score (nSPS) is 14.9. The van der Waals surface area contributed by atoms with E-state index in [2.05, 4.69) is 5.32 Å².